The monoisotopic (exact) mass is 219 g/mol. The van der Waals surface area contributed by atoms with Crippen LogP contribution in [0, 0.1) is 5.92 Å². The number of carbonyl (C=O) groups is 2. The minimum Gasteiger partial charge on any atom is -0.349 e. The maximum Gasteiger partial charge on any atom is 0.217 e. The molecule has 0 aliphatic heterocycles. The van der Waals surface area contributed by atoms with Crippen molar-refractivity contribution in [3.05, 3.63) is 35.9 Å². The van der Waals surface area contributed by atoms with Gasteiger partial charge in [0.2, 0.25) is 5.91 Å². The highest BCUT2D eigenvalue weighted by Gasteiger charge is 2.23. The highest BCUT2D eigenvalue weighted by molar-refractivity contribution is 5.80. The molecule has 86 valence electrons. The van der Waals surface area contributed by atoms with Crippen LogP contribution in [0.4, 0.5) is 0 Å². The summed E-state index contributed by atoms with van der Waals surface area (Å²) in [7, 11) is 0. The largest absolute Gasteiger partial charge is 0.349 e. The van der Waals surface area contributed by atoms with Gasteiger partial charge < -0.3 is 5.32 Å². The van der Waals surface area contributed by atoms with Crippen molar-refractivity contribution in [2.75, 3.05) is 0 Å². The maximum absolute atomic E-state index is 11.4. The number of rotatable bonds is 4. The number of carbonyl (C=O) groups excluding carboxylic acids is 2. The van der Waals surface area contributed by atoms with Gasteiger partial charge in [0, 0.05) is 12.8 Å². The van der Waals surface area contributed by atoms with Crippen LogP contribution in [0.3, 0.4) is 0 Å². The Balaban J connectivity index is 2.96. The Kier molecular flexibility index (Phi) is 4.23. The van der Waals surface area contributed by atoms with Crippen LogP contribution in [0.2, 0.25) is 0 Å². The van der Waals surface area contributed by atoms with E-state index in [1.807, 2.05) is 37.3 Å². The molecule has 1 aromatic carbocycles. The molecule has 0 aliphatic carbocycles. The standard InChI is InChI=1S/C13H17NO2/c1-9(10(2)15)13(14-11(3)16)12-7-5-4-6-8-12/h4-9,13H,1-3H3,(H,14,16). The maximum atomic E-state index is 11.4. The molecule has 0 saturated heterocycles. The third-order valence-electron chi connectivity index (χ3n) is 2.66. The summed E-state index contributed by atoms with van der Waals surface area (Å²) in [6, 6.07) is 9.30. The molecule has 0 bridgehead atoms. The van der Waals surface area contributed by atoms with E-state index >= 15 is 0 Å². The highest BCUT2D eigenvalue weighted by atomic mass is 16.1. The predicted molar refractivity (Wildman–Crippen MR) is 62.8 cm³/mol. The van der Waals surface area contributed by atoms with Crippen LogP contribution in [0.25, 0.3) is 0 Å². The first-order valence-electron chi connectivity index (χ1n) is 5.35. The number of hydrogen-bond acceptors (Lipinski definition) is 2. The summed E-state index contributed by atoms with van der Waals surface area (Å²) in [5, 5.41) is 2.82. The molecule has 1 rings (SSSR count). The number of amides is 1. The van der Waals surface area contributed by atoms with Crippen molar-refractivity contribution in [3.8, 4) is 0 Å². The molecular formula is C13H17NO2. The number of ketones is 1. The first kappa shape index (κ1) is 12.4. The SMILES string of the molecule is CC(=O)NC(c1ccccc1)C(C)C(C)=O. The number of nitrogens with one attached hydrogen (secondary N) is 1. The van der Waals surface area contributed by atoms with Crippen molar-refractivity contribution in [3.63, 3.8) is 0 Å². The summed E-state index contributed by atoms with van der Waals surface area (Å²) in [6.07, 6.45) is 0. The van der Waals surface area contributed by atoms with Gasteiger partial charge in [0.1, 0.15) is 5.78 Å². The minimum atomic E-state index is -0.240. The molecule has 1 aromatic rings. The van der Waals surface area contributed by atoms with Crippen molar-refractivity contribution >= 4 is 11.7 Å². The van der Waals surface area contributed by atoms with Crippen LogP contribution in [0.1, 0.15) is 32.4 Å². The van der Waals surface area contributed by atoms with E-state index in [-0.39, 0.29) is 23.7 Å². The lowest BCUT2D eigenvalue weighted by molar-refractivity contribution is -0.123. The molecule has 0 radical (unpaired) electrons. The molecule has 0 saturated carbocycles. The summed E-state index contributed by atoms with van der Waals surface area (Å²) in [4.78, 5) is 22.5. The van der Waals surface area contributed by atoms with Gasteiger partial charge in [-0.05, 0) is 12.5 Å². The second kappa shape index (κ2) is 5.45. The first-order chi connectivity index (χ1) is 7.52. The van der Waals surface area contributed by atoms with Gasteiger partial charge in [-0.2, -0.15) is 0 Å². The molecule has 0 aliphatic rings. The van der Waals surface area contributed by atoms with Crippen molar-refractivity contribution in [2.24, 2.45) is 5.92 Å². The summed E-state index contributed by atoms with van der Waals surface area (Å²) in [5.41, 5.74) is 0.959. The van der Waals surface area contributed by atoms with Crippen LogP contribution in [-0.2, 0) is 9.59 Å². The van der Waals surface area contributed by atoms with Crippen molar-refractivity contribution in [1.82, 2.24) is 5.32 Å². The average Bonchev–Trinajstić information content (AvgIpc) is 2.26. The Morgan fingerprint density at radius 2 is 1.69 bits per heavy atom. The van der Waals surface area contributed by atoms with Crippen molar-refractivity contribution in [2.45, 2.75) is 26.8 Å². The van der Waals surface area contributed by atoms with Crippen LogP contribution in [-0.4, -0.2) is 11.7 Å². The van der Waals surface area contributed by atoms with Crippen molar-refractivity contribution in [1.29, 1.82) is 0 Å². The van der Waals surface area contributed by atoms with E-state index in [2.05, 4.69) is 5.32 Å². The predicted octanol–water partition coefficient (Wildman–Crippen LogP) is 2.09. The van der Waals surface area contributed by atoms with Gasteiger partial charge in [-0.15, -0.1) is 0 Å². The van der Waals surface area contributed by atoms with Gasteiger partial charge in [0.05, 0.1) is 6.04 Å². The molecule has 1 N–H and O–H groups in total. The molecule has 2 atom stereocenters. The smallest absolute Gasteiger partial charge is 0.217 e. The van der Waals surface area contributed by atoms with E-state index in [0.29, 0.717) is 0 Å². The molecule has 0 heterocycles. The lowest BCUT2D eigenvalue weighted by Crippen LogP contribution is -2.33. The Labute approximate surface area is 95.9 Å². The fourth-order valence-corrected chi connectivity index (χ4v) is 1.61. The van der Waals surface area contributed by atoms with Crippen LogP contribution >= 0.6 is 0 Å². The second-order valence-electron chi connectivity index (χ2n) is 3.99. The minimum absolute atomic E-state index is 0.0719. The summed E-state index contributed by atoms with van der Waals surface area (Å²) in [5.74, 6) is -0.268. The molecule has 16 heavy (non-hydrogen) atoms. The van der Waals surface area contributed by atoms with Gasteiger partial charge >= 0.3 is 0 Å². The molecule has 2 unspecified atom stereocenters. The zero-order valence-electron chi connectivity index (χ0n) is 9.86. The summed E-state index contributed by atoms with van der Waals surface area (Å²) < 4.78 is 0. The molecule has 3 nitrogen and oxygen atoms in total. The molecule has 0 spiro atoms. The lowest BCUT2D eigenvalue weighted by atomic mass is 9.91. The van der Waals surface area contributed by atoms with E-state index in [1.165, 1.54) is 6.92 Å². The highest BCUT2D eigenvalue weighted by Crippen LogP contribution is 2.22. The van der Waals surface area contributed by atoms with Gasteiger partial charge in [-0.3, -0.25) is 9.59 Å². The van der Waals surface area contributed by atoms with E-state index in [4.69, 9.17) is 0 Å². The quantitative estimate of drug-likeness (QED) is 0.842. The Morgan fingerprint density at radius 1 is 1.12 bits per heavy atom. The van der Waals surface area contributed by atoms with Crippen LogP contribution < -0.4 is 5.32 Å². The fourth-order valence-electron chi connectivity index (χ4n) is 1.61. The summed E-state index contributed by atoms with van der Waals surface area (Å²) in [6.45, 7) is 4.83. The first-order valence-corrected chi connectivity index (χ1v) is 5.35. The Hall–Kier alpha value is -1.64. The van der Waals surface area contributed by atoms with E-state index in [1.54, 1.807) is 6.92 Å². The Bertz CT molecular complexity index is 373. The van der Waals surface area contributed by atoms with Crippen LogP contribution in [0.15, 0.2) is 30.3 Å². The van der Waals surface area contributed by atoms with Crippen LogP contribution in [0.5, 0.6) is 0 Å². The second-order valence-corrected chi connectivity index (χ2v) is 3.99. The van der Waals surface area contributed by atoms with Crippen molar-refractivity contribution < 1.29 is 9.59 Å². The molecule has 0 fully saturated rings. The summed E-state index contributed by atoms with van der Waals surface area (Å²) >= 11 is 0. The fraction of sp³-hybridized carbons (Fsp3) is 0.385. The Morgan fingerprint density at radius 3 is 2.12 bits per heavy atom. The zero-order chi connectivity index (χ0) is 12.1. The number of hydrogen-bond donors (Lipinski definition) is 1. The van der Waals surface area contributed by atoms with E-state index < -0.39 is 0 Å². The van der Waals surface area contributed by atoms with E-state index in [0.717, 1.165) is 5.56 Å². The third-order valence-corrected chi connectivity index (χ3v) is 2.66. The number of benzene rings is 1. The molecule has 3 heteroatoms. The molecule has 0 aromatic heterocycles. The molecular weight excluding hydrogens is 202 g/mol. The topological polar surface area (TPSA) is 46.2 Å². The lowest BCUT2D eigenvalue weighted by Gasteiger charge is -2.23. The average molecular weight is 219 g/mol. The normalized spacial score (nSPS) is 13.9. The van der Waals surface area contributed by atoms with E-state index in [9.17, 15) is 9.59 Å². The van der Waals surface area contributed by atoms with Gasteiger partial charge in [0.15, 0.2) is 0 Å². The van der Waals surface area contributed by atoms with Gasteiger partial charge in [-0.25, -0.2) is 0 Å². The molecule has 1 amide bonds. The number of Topliss-reactive ketones (excluding diaryl/α,β-unsaturated/α-hetero) is 1. The van der Waals surface area contributed by atoms with Gasteiger partial charge in [0.25, 0.3) is 0 Å². The third kappa shape index (κ3) is 3.19. The zero-order valence-corrected chi connectivity index (χ0v) is 9.86. The van der Waals surface area contributed by atoms with Gasteiger partial charge in [-0.1, -0.05) is 37.3 Å².